The lowest BCUT2D eigenvalue weighted by atomic mass is 10.1. The van der Waals surface area contributed by atoms with Crippen molar-refractivity contribution in [2.24, 2.45) is 0 Å². The second kappa shape index (κ2) is 4.53. The molecule has 0 atom stereocenters. The summed E-state index contributed by atoms with van der Waals surface area (Å²) < 4.78 is 11.1. The molecule has 15 heavy (non-hydrogen) atoms. The lowest BCUT2D eigenvalue weighted by Gasteiger charge is -2.28. The smallest absolute Gasteiger partial charge is 0.142 e. The van der Waals surface area contributed by atoms with Gasteiger partial charge in [0.05, 0.1) is 6.61 Å². The molecule has 0 aromatic heterocycles. The van der Waals surface area contributed by atoms with E-state index in [1.807, 2.05) is 19.1 Å². The molecule has 0 unspecified atom stereocenters. The Labute approximate surface area is 90.6 Å². The Bertz CT molecular complexity index is 338. The van der Waals surface area contributed by atoms with Crippen molar-refractivity contribution in [3.8, 4) is 11.5 Å². The molecule has 1 aromatic carbocycles. The number of hydrogen-bond acceptors (Lipinski definition) is 3. The zero-order chi connectivity index (χ0) is 10.7. The molecule has 2 rings (SSSR count). The summed E-state index contributed by atoms with van der Waals surface area (Å²) in [5.74, 6) is 1.85. The van der Waals surface area contributed by atoms with Crippen molar-refractivity contribution >= 4 is 0 Å². The minimum Gasteiger partial charge on any atom is -0.494 e. The van der Waals surface area contributed by atoms with Gasteiger partial charge in [-0.2, -0.15) is 0 Å². The van der Waals surface area contributed by atoms with E-state index >= 15 is 0 Å². The highest BCUT2D eigenvalue weighted by Gasteiger charge is 2.16. The van der Waals surface area contributed by atoms with Crippen molar-refractivity contribution in [1.29, 1.82) is 0 Å². The van der Waals surface area contributed by atoms with Gasteiger partial charge in [-0.05, 0) is 19.5 Å². The maximum absolute atomic E-state index is 5.66. The summed E-state index contributed by atoms with van der Waals surface area (Å²) in [6.45, 7) is 7.49. The summed E-state index contributed by atoms with van der Waals surface area (Å²) in [6, 6.07) is 6.07. The van der Waals surface area contributed by atoms with Gasteiger partial charge in [0.25, 0.3) is 0 Å². The van der Waals surface area contributed by atoms with E-state index in [4.69, 9.17) is 9.47 Å². The van der Waals surface area contributed by atoms with Crippen molar-refractivity contribution < 1.29 is 9.47 Å². The van der Waals surface area contributed by atoms with Crippen LogP contribution in [0.3, 0.4) is 0 Å². The summed E-state index contributed by atoms with van der Waals surface area (Å²) >= 11 is 0. The van der Waals surface area contributed by atoms with Crippen LogP contribution >= 0.6 is 0 Å². The summed E-state index contributed by atoms with van der Waals surface area (Å²) in [5, 5.41) is 0. The molecule has 0 N–H and O–H groups in total. The summed E-state index contributed by atoms with van der Waals surface area (Å²) in [5.41, 5.74) is 1.24. The Balaban J connectivity index is 2.17. The van der Waals surface area contributed by atoms with Gasteiger partial charge in [0.1, 0.15) is 18.2 Å². The van der Waals surface area contributed by atoms with Gasteiger partial charge >= 0.3 is 0 Å². The van der Waals surface area contributed by atoms with Gasteiger partial charge in [0, 0.05) is 18.2 Å². The number of benzene rings is 1. The maximum atomic E-state index is 5.66. The third-order valence-corrected chi connectivity index (χ3v) is 2.59. The highest BCUT2D eigenvalue weighted by atomic mass is 16.5. The fourth-order valence-electron chi connectivity index (χ4n) is 1.71. The fraction of sp³-hybridized carbons (Fsp3) is 0.500. The highest BCUT2D eigenvalue weighted by Crippen LogP contribution is 2.29. The van der Waals surface area contributed by atoms with Crippen LogP contribution in [0.4, 0.5) is 0 Å². The summed E-state index contributed by atoms with van der Waals surface area (Å²) in [7, 11) is 0. The van der Waals surface area contributed by atoms with Crippen molar-refractivity contribution in [2.75, 3.05) is 19.9 Å². The molecule has 3 heteroatoms. The molecule has 1 heterocycles. The van der Waals surface area contributed by atoms with E-state index in [1.165, 1.54) is 5.56 Å². The van der Waals surface area contributed by atoms with Crippen molar-refractivity contribution in [3.63, 3.8) is 0 Å². The van der Waals surface area contributed by atoms with Crippen LogP contribution in [0.15, 0.2) is 18.2 Å². The molecule has 0 saturated carbocycles. The van der Waals surface area contributed by atoms with Crippen LogP contribution in [0, 0.1) is 0 Å². The number of fused-ring (bicyclic) bond motifs is 1. The monoisotopic (exact) mass is 207 g/mol. The SMILES string of the molecule is CCOc1ccc2c(c1)OCN(CC)C2. The molecule has 0 spiro atoms. The second-order valence-corrected chi connectivity index (χ2v) is 3.62. The molecule has 0 amide bonds. The third-order valence-electron chi connectivity index (χ3n) is 2.59. The van der Waals surface area contributed by atoms with Gasteiger partial charge in [0.2, 0.25) is 0 Å². The van der Waals surface area contributed by atoms with Crippen molar-refractivity contribution in [2.45, 2.75) is 20.4 Å². The topological polar surface area (TPSA) is 21.7 Å². The Morgan fingerprint density at radius 3 is 3.00 bits per heavy atom. The van der Waals surface area contributed by atoms with E-state index in [0.29, 0.717) is 13.3 Å². The van der Waals surface area contributed by atoms with Crippen molar-refractivity contribution in [3.05, 3.63) is 23.8 Å². The van der Waals surface area contributed by atoms with E-state index in [0.717, 1.165) is 24.6 Å². The first-order chi connectivity index (χ1) is 7.33. The average Bonchev–Trinajstić information content (AvgIpc) is 2.29. The molecule has 1 aliphatic heterocycles. The van der Waals surface area contributed by atoms with Crippen LogP contribution in [0.1, 0.15) is 19.4 Å². The third kappa shape index (κ3) is 2.23. The first-order valence-corrected chi connectivity index (χ1v) is 5.44. The van der Waals surface area contributed by atoms with Crippen LogP contribution in [-0.4, -0.2) is 24.8 Å². The van der Waals surface area contributed by atoms with Crippen molar-refractivity contribution in [1.82, 2.24) is 4.90 Å². The normalized spacial score (nSPS) is 15.6. The van der Waals surface area contributed by atoms with E-state index in [9.17, 15) is 0 Å². The first-order valence-electron chi connectivity index (χ1n) is 5.44. The van der Waals surface area contributed by atoms with Crippen LogP contribution in [0.5, 0.6) is 11.5 Å². The fourth-order valence-corrected chi connectivity index (χ4v) is 1.71. The molecule has 0 aliphatic carbocycles. The zero-order valence-corrected chi connectivity index (χ0v) is 9.32. The van der Waals surface area contributed by atoms with Crippen LogP contribution in [0.25, 0.3) is 0 Å². The predicted molar refractivity (Wildman–Crippen MR) is 59.2 cm³/mol. The molecule has 0 saturated heterocycles. The van der Waals surface area contributed by atoms with Crippen LogP contribution in [-0.2, 0) is 6.54 Å². The molecule has 82 valence electrons. The second-order valence-electron chi connectivity index (χ2n) is 3.62. The number of rotatable bonds is 3. The van der Waals surface area contributed by atoms with E-state index in [1.54, 1.807) is 0 Å². The van der Waals surface area contributed by atoms with E-state index in [2.05, 4.69) is 17.9 Å². The Kier molecular flexibility index (Phi) is 3.11. The molecule has 0 radical (unpaired) electrons. The lowest BCUT2D eigenvalue weighted by molar-refractivity contribution is 0.100. The van der Waals surface area contributed by atoms with Crippen LogP contribution < -0.4 is 9.47 Å². The molecule has 0 bridgehead atoms. The highest BCUT2D eigenvalue weighted by molar-refractivity contribution is 5.41. The van der Waals surface area contributed by atoms with Gasteiger partial charge in [-0.15, -0.1) is 0 Å². The Hall–Kier alpha value is -1.22. The number of hydrogen-bond donors (Lipinski definition) is 0. The number of nitrogens with zero attached hydrogens (tertiary/aromatic N) is 1. The van der Waals surface area contributed by atoms with Gasteiger partial charge in [0.15, 0.2) is 0 Å². The minimum absolute atomic E-state index is 0.680. The standard InChI is InChI=1S/C12H17NO2/c1-3-13-8-10-5-6-11(14-4-2)7-12(10)15-9-13/h5-7H,3-4,8-9H2,1-2H3. The van der Waals surface area contributed by atoms with Gasteiger partial charge in [-0.1, -0.05) is 13.0 Å². The van der Waals surface area contributed by atoms with E-state index in [-0.39, 0.29) is 0 Å². The minimum atomic E-state index is 0.680. The lowest BCUT2D eigenvalue weighted by Crippen LogP contribution is -2.31. The number of ether oxygens (including phenoxy) is 2. The zero-order valence-electron chi connectivity index (χ0n) is 9.32. The molecule has 0 fully saturated rings. The van der Waals surface area contributed by atoms with Gasteiger partial charge < -0.3 is 9.47 Å². The summed E-state index contributed by atoms with van der Waals surface area (Å²) in [6.07, 6.45) is 0. The van der Waals surface area contributed by atoms with Crippen LogP contribution in [0.2, 0.25) is 0 Å². The predicted octanol–water partition coefficient (Wildman–Crippen LogP) is 2.26. The average molecular weight is 207 g/mol. The Morgan fingerprint density at radius 1 is 1.40 bits per heavy atom. The summed E-state index contributed by atoms with van der Waals surface area (Å²) in [4.78, 5) is 2.25. The molecule has 1 aromatic rings. The first kappa shape index (κ1) is 10.3. The largest absolute Gasteiger partial charge is 0.494 e. The van der Waals surface area contributed by atoms with E-state index < -0.39 is 0 Å². The molecular formula is C12H17NO2. The maximum Gasteiger partial charge on any atom is 0.142 e. The molecular weight excluding hydrogens is 190 g/mol. The molecule has 1 aliphatic rings. The van der Waals surface area contributed by atoms with Gasteiger partial charge in [-0.3, -0.25) is 4.90 Å². The molecule has 3 nitrogen and oxygen atoms in total. The van der Waals surface area contributed by atoms with Gasteiger partial charge in [-0.25, -0.2) is 0 Å². The Morgan fingerprint density at radius 2 is 2.27 bits per heavy atom. The quantitative estimate of drug-likeness (QED) is 0.758.